The van der Waals surface area contributed by atoms with Crippen molar-refractivity contribution in [3.05, 3.63) is 71.4 Å². The second kappa shape index (κ2) is 5.88. The molecule has 4 rings (SSSR count). The van der Waals surface area contributed by atoms with Gasteiger partial charge in [-0.25, -0.2) is 9.18 Å². The Kier molecular flexibility index (Phi) is 3.54. The van der Waals surface area contributed by atoms with E-state index in [9.17, 15) is 18.8 Å². The van der Waals surface area contributed by atoms with E-state index in [1.54, 1.807) is 12.1 Å². The van der Waals surface area contributed by atoms with Gasteiger partial charge in [-0.05, 0) is 36.4 Å². The third-order valence-electron chi connectivity index (χ3n) is 3.62. The maximum atomic E-state index is 12.9. The van der Waals surface area contributed by atoms with Gasteiger partial charge in [0.25, 0.3) is 11.8 Å². The van der Waals surface area contributed by atoms with Crippen molar-refractivity contribution in [2.75, 3.05) is 0 Å². The number of halogens is 1. The minimum Gasteiger partial charge on any atom is -0.411 e. The molecule has 3 aromatic rings. The molecule has 1 aliphatic rings. The van der Waals surface area contributed by atoms with Crippen LogP contribution in [0.2, 0.25) is 0 Å². The highest BCUT2D eigenvalue weighted by Crippen LogP contribution is 2.24. The molecule has 128 valence electrons. The highest BCUT2D eigenvalue weighted by Gasteiger charge is 2.39. The summed E-state index contributed by atoms with van der Waals surface area (Å²) in [6.07, 6.45) is 0. The standard InChI is InChI=1S/C17H8FN3O5/c18-10-7-5-9(6-8-10)13-19-20-14(25-13)17(24)26-21-15(22)11-3-1-2-4-12(11)16(21)23/h1-8H. The lowest BCUT2D eigenvalue weighted by Crippen LogP contribution is -2.32. The lowest BCUT2D eigenvalue weighted by atomic mass is 10.1. The van der Waals surface area contributed by atoms with Crippen LogP contribution in [0.4, 0.5) is 4.39 Å². The number of hydrogen-bond acceptors (Lipinski definition) is 7. The quantitative estimate of drug-likeness (QED) is 0.665. The predicted octanol–water partition coefficient (Wildman–Crippen LogP) is 2.24. The van der Waals surface area contributed by atoms with Crippen molar-refractivity contribution in [1.82, 2.24) is 15.3 Å². The summed E-state index contributed by atoms with van der Waals surface area (Å²) >= 11 is 0. The maximum Gasteiger partial charge on any atom is 0.421 e. The first-order valence-electron chi connectivity index (χ1n) is 7.34. The first kappa shape index (κ1) is 15.6. The van der Waals surface area contributed by atoms with Crippen molar-refractivity contribution >= 4 is 17.8 Å². The Balaban J connectivity index is 1.54. The Morgan fingerprint density at radius 3 is 2.19 bits per heavy atom. The molecule has 2 amide bonds. The molecular formula is C17H8FN3O5. The molecule has 0 bridgehead atoms. The van der Waals surface area contributed by atoms with E-state index in [4.69, 9.17) is 9.25 Å². The van der Waals surface area contributed by atoms with Gasteiger partial charge in [0.15, 0.2) is 0 Å². The van der Waals surface area contributed by atoms with E-state index < -0.39 is 29.5 Å². The molecule has 1 aromatic heterocycles. The van der Waals surface area contributed by atoms with Gasteiger partial charge in [0.2, 0.25) is 5.89 Å². The molecule has 1 aliphatic heterocycles. The maximum absolute atomic E-state index is 12.9. The van der Waals surface area contributed by atoms with E-state index in [0.717, 1.165) is 0 Å². The predicted molar refractivity (Wildman–Crippen MR) is 82.0 cm³/mol. The molecule has 0 saturated carbocycles. The second-order valence-electron chi connectivity index (χ2n) is 5.25. The summed E-state index contributed by atoms with van der Waals surface area (Å²) in [7, 11) is 0. The third kappa shape index (κ3) is 2.51. The fourth-order valence-electron chi connectivity index (χ4n) is 2.39. The number of rotatable bonds is 3. The normalized spacial score (nSPS) is 13.0. The molecule has 2 heterocycles. The van der Waals surface area contributed by atoms with Gasteiger partial charge in [-0.1, -0.05) is 17.2 Å². The summed E-state index contributed by atoms with van der Waals surface area (Å²) < 4.78 is 18.1. The fourth-order valence-corrected chi connectivity index (χ4v) is 2.39. The minimum atomic E-state index is -1.17. The van der Waals surface area contributed by atoms with Gasteiger partial charge in [-0.2, -0.15) is 0 Å². The number of benzene rings is 2. The van der Waals surface area contributed by atoms with E-state index in [2.05, 4.69) is 10.2 Å². The number of imide groups is 1. The van der Waals surface area contributed by atoms with Gasteiger partial charge in [0, 0.05) is 5.56 Å². The Morgan fingerprint density at radius 1 is 0.962 bits per heavy atom. The number of aromatic nitrogens is 2. The number of carbonyl (C=O) groups is 3. The Labute approximate surface area is 144 Å². The third-order valence-corrected chi connectivity index (χ3v) is 3.62. The van der Waals surface area contributed by atoms with Crippen molar-refractivity contribution in [3.8, 4) is 11.5 Å². The smallest absolute Gasteiger partial charge is 0.411 e. The van der Waals surface area contributed by atoms with E-state index in [0.29, 0.717) is 10.6 Å². The van der Waals surface area contributed by atoms with Crippen LogP contribution in [0, 0.1) is 5.82 Å². The van der Waals surface area contributed by atoms with Gasteiger partial charge in [0.05, 0.1) is 11.1 Å². The summed E-state index contributed by atoms with van der Waals surface area (Å²) in [4.78, 5) is 41.2. The van der Waals surface area contributed by atoms with Crippen LogP contribution >= 0.6 is 0 Å². The van der Waals surface area contributed by atoms with Crippen LogP contribution in [0.15, 0.2) is 52.9 Å². The number of hydroxylamine groups is 2. The lowest BCUT2D eigenvalue weighted by Gasteiger charge is -2.10. The number of nitrogens with zero attached hydrogens (tertiary/aromatic N) is 3. The zero-order valence-electron chi connectivity index (χ0n) is 12.9. The van der Waals surface area contributed by atoms with Crippen LogP contribution in [-0.4, -0.2) is 33.0 Å². The van der Waals surface area contributed by atoms with Gasteiger partial charge >= 0.3 is 11.9 Å². The van der Waals surface area contributed by atoms with Crippen LogP contribution < -0.4 is 0 Å². The minimum absolute atomic E-state index is 0.0423. The zero-order chi connectivity index (χ0) is 18.3. The first-order valence-corrected chi connectivity index (χ1v) is 7.34. The van der Waals surface area contributed by atoms with E-state index in [-0.39, 0.29) is 17.0 Å². The van der Waals surface area contributed by atoms with Gasteiger partial charge < -0.3 is 9.25 Å². The largest absolute Gasteiger partial charge is 0.421 e. The second-order valence-corrected chi connectivity index (χ2v) is 5.25. The monoisotopic (exact) mass is 353 g/mol. The van der Waals surface area contributed by atoms with Crippen molar-refractivity contribution in [2.24, 2.45) is 0 Å². The van der Waals surface area contributed by atoms with E-state index in [1.807, 2.05) is 0 Å². The summed E-state index contributed by atoms with van der Waals surface area (Å²) in [5.74, 6) is -3.74. The van der Waals surface area contributed by atoms with Crippen LogP contribution in [-0.2, 0) is 4.84 Å². The molecule has 26 heavy (non-hydrogen) atoms. The molecule has 0 radical (unpaired) electrons. The molecule has 2 aromatic carbocycles. The molecule has 0 aliphatic carbocycles. The fraction of sp³-hybridized carbons (Fsp3) is 0. The van der Waals surface area contributed by atoms with Crippen molar-refractivity contribution in [2.45, 2.75) is 0 Å². The zero-order valence-corrected chi connectivity index (χ0v) is 12.9. The highest BCUT2D eigenvalue weighted by atomic mass is 19.1. The van der Waals surface area contributed by atoms with Crippen molar-refractivity contribution < 1.29 is 28.0 Å². The Bertz CT molecular complexity index is 1010. The van der Waals surface area contributed by atoms with Crippen molar-refractivity contribution in [1.29, 1.82) is 0 Å². The molecule has 0 spiro atoms. The topological polar surface area (TPSA) is 103 Å². The molecule has 8 nitrogen and oxygen atoms in total. The molecule has 0 fully saturated rings. The number of hydrogen-bond donors (Lipinski definition) is 0. The molecule has 9 heteroatoms. The lowest BCUT2D eigenvalue weighted by molar-refractivity contribution is -0.0608. The van der Waals surface area contributed by atoms with E-state index in [1.165, 1.54) is 36.4 Å². The van der Waals surface area contributed by atoms with Gasteiger partial charge in [-0.3, -0.25) is 9.59 Å². The summed E-state index contributed by atoms with van der Waals surface area (Å²) in [6, 6.07) is 11.2. The van der Waals surface area contributed by atoms with Crippen LogP contribution in [0.25, 0.3) is 11.5 Å². The number of amides is 2. The number of fused-ring (bicyclic) bond motifs is 1. The Hall–Kier alpha value is -3.88. The Morgan fingerprint density at radius 2 is 1.58 bits per heavy atom. The summed E-state index contributed by atoms with van der Waals surface area (Å²) in [6.45, 7) is 0. The SMILES string of the molecule is O=C(ON1C(=O)c2ccccc2C1=O)c1nnc(-c2ccc(F)cc2)o1. The van der Waals surface area contributed by atoms with Gasteiger partial charge in [0.1, 0.15) is 5.82 Å². The highest BCUT2D eigenvalue weighted by molar-refractivity contribution is 6.21. The molecule has 0 atom stereocenters. The molecule has 0 N–H and O–H groups in total. The van der Waals surface area contributed by atoms with Crippen LogP contribution in [0.5, 0.6) is 0 Å². The molecular weight excluding hydrogens is 345 g/mol. The van der Waals surface area contributed by atoms with Crippen LogP contribution in [0.3, 0.4) is 0 Å². The first-order chi connectivity index (χ1) is 12.5. The molecule has 0 unspecified atom stereocenters. The van der Waals surface area contributed by atoms with Crippen molar-refractivity contribution in [3.63, 3.8) is 0 Å². The number of carbonyl (C=O) groups excluding carboxylic acids is 3. The summed E-state index contributed by atoms with van der Waals surface area (Å²) in [5, 5.41) is 7.52. The molecule has 0 saturated heterocycles. The van der Waals surface area contributed by atoms with E-state index >= 15 is 0 Å². The summed E-state index contributed by atoms with van der Waals surface area (Å²) in [5.41, 5.74) is 0.643. The van der Waals surface area contributed by atoms with Crippen LogP contribution in [0.1, 0.15) is 31.4 Å². The average molecular weight is 353 g/mol. The van der Waals surface area contributed by atoms with Gasteiger partial charge in [-0.15, -0.1) is 10.2 Å². The average Bonchev–Trinajstić information content (AvgIpc) is 3.23.